The van der Waals surface area contributed by atoms with E-state index in [-0.39, 0.29) is 18.4 Å². The first-order valence-corrected chi connectivity index (χ1v) is 8.43. The molecule has 10 heteroatoms. The van der Waals surface area contributed by atoms with Crippen molar-refractivity contribution >= 4 is 11.6 Å². The second-order valence-electron chi connectivity index (χ2n) is 6.28. The van der Waals surface area contributed by atoms with Gasteiger partial charge in [-0.2, -0.15) is 31.3 Å². The van der Waals surface area contributed by atoms with Crippen LogP contribution in [0.4, 0.5) is 38.0 Å². The molecule has 0 aliphatic rings. The molecule has 0 aliphatic heterocycles. The van der Waals surface area contributed by atoms with Gasteiger partial charge in [0, 0.05) is 18.4 Å². The number of hydrogen-bond acceptors (Lipinski definition) is 4. The van der Waals surface area contributed by atoms with E-state index >= 15 is 0 Å². The monoisotopic (exact) mass is 407 g/mol. The average molecular weight is 407 g/mol. The zero-order valence-electron chi connectivity index (χ0n) is 15.4. The summed E-state index contributed by atoms with van der Waals surface area (Å²) in [6.07, 6.45) is -9.32. The molecule has 1 heterocycles. The molecule has 0 bridgehead atoms. The van der Waals surface area contributed by atoms with Gasteiger partial charge in [-0.3, -0.25) is 0 Å². The standard InChI is InChI=1S/C18H19F6N3O/c1-4-27(13-7-5-6-12(8-13)11(2)3)16-25-9-14(18(22,23)24)15(26-16)28-10-17(19,20)21/h5-9,11H,4,10H2,1-3H3. The van der Waals surface area contributed by atoms with Crippen LogP contribution in [0.25, 0.3) is 0 Å². The maximum absolute atomic E-state index is 13.1. The van der Waals surface area contributed by atoms with E-state index in [0.29, 0.717) is 11.9 Å². The lowest BCUT2D eigenvalue weighted by Gasteiger charge is -2.23. The van der Waals surface area contributed by atoms with Crippen molar-refractivity contribution in [3.63, 3.8) is 0 Å². The van der Waals surface area contributed by atoms with Crippen LogP contribution in [0.15, 0.2) is 30.5 Å². The zero-order chi connectivity index (χ0) is 21.1. The molecule has 154 valence electrons. The van der Waals surface area contributed by atoms with E-state index in [2.05, 4.69) is 14.7 Å². The van der Waals surface area contributed by atoms with Gasteiger partial charge < -0.3 is 9.64 Å². The average Bonchev–Trinajstić information content (AvgIpc) is 2.59. The molecule has 0 aliphatic carbocycles. The minimum absolute atomic E-state index is 0.186. The molecule has 0 atom stereocenters. The van der Waals surface area contributed by atoms with E-state index < -0.39 is 30.4 Å². The summed E-state index contributed by atoms with van der Waals surface area (Å²) >= 11 is 0. The molecule has 4 nitrogen and oxygen atoms in total. The van der Waals surface area contributed by atoms with Crippen molar-refractivity contribution in [2.24, 2.45) is 0 Å². The number of benzene rings is 1. The van der Waals surface area contributed by atoms with Crippen LogP contribution >= 0.6 is 0 Å². The highest BCUT2D eigenvalue weighted by atomic mass is 19.4. The molecule has 28 heavy (non-hydrogen) atoms. The molecule has 0 amide bonds. The fourth-order valence-corrected chi connectivity index (χ4v) is 2.43. The predicted octanol–water partition coefficient (Wildman–Crippen LogP) is 5.72. The first-order chi connectivity index (χ1) is 12.9. The van der Waals surface area contributed by atoms with Gasteiger partial charge in [0.25, 0.3) is 0 Å². The molecular formula is C18H19F6N3O. The second-order valence-corrected chi connectivity index (χ2v) is 6.28. The summed E-state index contributed by atoms with van der Waals surface area (Å²) < 4.78 is 80.9. The number of hydrogen-bond donors (Lipinski definition) is 0. The molecule has 1 aromatic heterocycles. The summed E-state index contributed by atoms with van der Waals surface area (Å²) in [5.74, 6) is -1.14. The summed E-state index contributed by atoms with van der Waals surface area (Å²) in [5.41, 5.74) is 0.124. The third-order valence-corrected chi connectivity index (χ3v) is 3.83. The van der Waals surface area contributed by atoms with E-state index in [1.807, 2.05) is 26.0 Å². The summed E-state index contributed by atoms with van der Waals surface area (Å²) in [5, 5.41) is 0. The molecule has 0 saturated heterocycles. The molecule has 0 fully saturated rings. The molecule has 2 aromatic rings. The molecule has 0 N–H and O–H groups in total. The van der Waals surface area contributed by atoms with Crippen molar-refractivity contribution in [2.45, 2.75) is 39.0 Å². The number of aromatic nitrogens is 2. The van der Waals surface area contributed by atoms with Crippen molar-refractivity contribution in [3.8, 4) is 5.88 Å². The van der Waals surface area contributed by atoms with Gasteiger partial charge in [-0.25, -0.2) is 4.98 Å². The van der Waals surface area contributed by atoms with Crippen molar-refractivity contribution in [1.29, 1.82) is 0 Å². The molecule has 0 radical (unpaired) electrons. The number of alkyl halides is 6. The van der Waals surface area contributed by atoms with E-state index in [9.17, 15) is 26.3 Å². The fourth-order valence-electron chi connectivity index (χ4n) is 2.43. The predicted molar refractivity (Wildman–Crippen MR) is 91.8 cm³/mol. The van der Waals surface area contributed by atoms with E-state index in [4.69, 9.17) is 0 Å². The highest BCUT2D eigenvalue weighted by Gasteiger charge is 2.38. The Labute approximate surface area is 158 Å². The van der Waals surface area contributed by atoms with Crippen molar-refractivity contribution in [2.75, 3.05) is 18.1 Å². The Morgan fingerprint density at radius 3 is 2.32 bits per heavy atom. The van der Waals surface area contributed by atoms with Crippen LogP contribution in [-0.4, -0.2) is 29.3 Å². The second kappa shape index (κ2) is 8.24. The number of ether oxygens (including phenoxy) is 1. The van der Waals surface area contributed by atoms with Crippen molar-refractivity contribution in [1.82, 2.24) is 9.97 Å². The van der Waals surface area contributed by atoms with Gasteiger partial charge in [0.1, 0.15) is 5.56 Å². The van der Waals surface area contributed by atoms with E-state index in [1.165, 1.54) is 4.90 Å². The van der Waals surface area contributed by atoms with Gasteiger partial charge in [-0.05, 0) is 30.5 Å². The lowest BCUT2D eigenvalue weighted by Crippen LogP contribution is -2.24. The minimum atomic E-state index is -4.95. The van der Waals surface area contributed by atoms with Gasteiger partial charge in [0.15, 0.2) is 6.61 Å². The van der Waals surface area contributed by atoms with Crippen LogP contribution in [0, 0.1) is 0 Å². The van der Waals surface area contributed by atoms with E-state index in [1.54, 1.807) is 19.1 Å². The highest BCUT2D eigenvalue weighted by Crippen LogP contribution is 2.37. The molecular weight excluding hydrogens is 388 g/mol. The molecule has 0 unspecified atom stereocenters. The zero-order valence-corrected chi connectivity index (χ0v) is 15.4. The lowest BCUT2D eigenvalue weighted by atomic mass is 10.0. The summed E-state index contributed by atoms with van der Waals surface area (Å²) in [6.45, 7) is 4.08. The smallest absolute Gasteiger partial charge is 0.423 e. The third-order valence-electron chi connectivity index (χ3n) is 3.83. The largest absolute Gasteiger partial charge is 0.467 e. The maximum atomic E-state index is 13.1. The third kappa shape index (κ3) is 5.49. The summed E-state index contributed by atoms with van der Waals surface area (Å²) in [7, 11) is 0. The van der Waals surface area contributed by atoms with Crippen LogP contribution in [0.1, 0.15) is 37.8 Å². The topological polar surface area (TPSA) is 38.2 Å². The number of halogens is 6. The molecule has 0 spiro atoms. The maximum Gasteiger partial charge on any atom is 0.423 e. The first kappa shape index (κ1) is 21.8. The molecule has 0 saturated carbocycles. The molecule has 1 aromatic carbocycles. The Hall–Kier alpha value is -2.52. The SMILES string of the molecule is CCN(c1cccc(C(C)C)c1)c1ncc(C(F)(F)F)c(OCC(F)(F)F)n1. The van der Waals surface area contributed by atoms with Crippen LogP contribution in [0.3, 0.4) is 0 Å². The normalized spacial score (nSPS) is 12.4. The van der Waals surface area contributed by atoms with Crippen molar-refractivity contribution in [3.05, 3.63) is 41.6 Å². The molecule has 2 rings (SSSR count). The van der Waals surface area contributed by atoms with Gasteiger partial charge in [0.2, 0.25) is 11.8 Å². The number of nitrogens with zero attached hydrogens (tertiary/aromatic N) is 3. The Bertz CT molecular complexity index is 805. The Balaban J connectivity index is 2.47. The van der Waals surface area contributed by atoms with E-state index in [0.717, 1.165) is 5.56 Å². The fraction of sp³-hybridized carbons (Fsp3) is 0.444. The number of anilines is 2. The Morgan fingerprint density at radius 2 is 1.79 bits per heavy atom. The van der Waals surface area contributed by atoms with Crippen LogP contribution in [0.5, 0.6) is 5.88 Å². The van der Waals surface area contributed by atoms with Crippen LogP contribution < -0.4 is 9.64 Å². The van der Waals surface area contributed by atoms with Crippen LogP contribution in [0.2, 0.25) is 0 Å². The quantitative estimate of drug-likeness (QED) is 0.575. The minimum Gasteiger partial charge on any atom is -0.467 e. The Kier molecular flexibility index (Phi) is 6.41. The lowest BCUT2D eigenvalue weighted by molar-refractivity contribution is -0.159. The highest BCUT2D eigenvalue weighted by molar-refractivity contribution is 5.59. The summed E-state index contributed by atoms with van der Waals surface area (Å²) in [6, 6.07) is 7.21. The summed E-state index contributed by atoms with van der Waals surface area (Å²) in [4.78, 5) is 8.84. The van der Waals surface area contributed by atoms with Gasteiger partial charge in [0.05, 0.1) is 0 Å². The van der Waals surface area contributed by atoms with Gasteiger partial charge in [-0.1, -0.05) is 26.0 Å². The van der Waals surface area contributed by atoms with Crippen molar-refractivity contribution < 1.29 is 31.1 Å². The van der Waals surface area contributed by atoms with Crippen LogP contribution in [-0.2, 0) is 6.18 Å². The van der Waals surface area contributed by atoms with Gasteiger partial charge in [-0.15, -0.1) is 0 Å². The Morgan fingerprint density at radius 1 is 1.11 bits per heavy atom. The number of rotatable bonds is 6. The first-order valence-electron chi connectivity index (χ1n) is 8.43. The van der Waals surface area contributed by atoms with Gasteiger partial charge >= 0.3 is 12.4 Å².